The number of aromatic nitrogens is 3. The number of methoxy groups -OCH3 is 1. The second-order valence-corrected chi connectivity index (χ2v) is 4.78. The van der Waals surface area contributed by atoms with Crippen molar-refractivity contribution in [2.45, 2.75) is 31.2 Å². The highest BCUT2D eigenvalue weighted by molar-refractivity contribution is 5.82. The van der Waals surface area contributed by atoms with Crippen molar-refractivity contribution < 1.29 is 4.74 Å². The number of rotatable bonds is 4. The van der Waals surface area contributed by atoms with Crippen molar-refractivity contribution in [3.8, 4) is 5.88 Å². The molecular formula is C12H16N4O. The zero-order chi connectivity index (χ0) is 11.9. The van der Waals surface area contributed by atoms with Crippen molar-refractivity contribution in [1.82, 2.24) is 15.0 Å². The van der Waals surface area contributed by atoms with Gasteiger partial charge in [-0.2, -0.15) is 4.98 Å². The molecule has 2 heterocycles. The molecule has 2 aromatic rings. The van der Waals surface area contributed by atoms with Crippen molar-refractivity contribution in [3.05, 3.63) is 18.1 Å². The second kappa shape index (κ2) is 3.70. The van der Waals surface area contributed by atoms with E-state index in [1.54, 1.807) is 7.11 Å². The molecule has 0 unspecified atom stereocenters. The molecule has 5 heteroatoms. The number of H-pyrrole nitrogens is 1. The molecule has 1 fully saturated rings. The van der Waals surface area contributed by atoms with Crippen LogP contribution in [0.2, 0.25) is 0 Å². The average Bonchev–Trinajstić information content (AvgIpc) is 2.93. The second-order valence-electron chi connectivity index (χ2n) is 4.78. The maximum absolute atomic E-state index is 6.10. The smallest absolute Gasteiger partial charge is 0.241 e. The Labute approximate surface area is 99.4 Å². The molecule has 1 aliphatic carbocycles. The van der Waals surface area contributed by atoms with Crippen LogP contribution < -0.4 is 10.5 Å². The van der Waals surface area contributed by atoms with Gasteiger partial charge in [0.05, 0.1) is 12.6 Å². The molecule has 3 N–H and O–H groups in total. The summed E-state index contributed by atoms with van der Waals surface area (Å²) in [5.74, 6) is 0.593. The van der Waals surface area contributed by atoms with Gasteiger partial charge in [0.2, 0.25) is 5.88 Å². The molecule has 17 heavy (non-hydrogen) atoms. The maximum Gasteiger partial charge on any atom is 0.241 e. The summed E-state index contributed by atoms with van der Waals surface area (Å²) in [6, 6.07) is 0. The summed E-state index contributed by atoms with van der Waals surface area (Å²) in [4.78, 5) is 11.6. The van der Waals surface area contributed by atoms with Crippen molar-refractivity contribution in [3.63, 3.8) is 0 Å². The van der Waals surface area contributed by atoms with Crippen LogP contribution in [0.4, 0.5) is 0 Å². The molecule has 90 valence electrons. The van der Waals surface area contributed by atoms with E-state index in [0.717, 1.165) is 36.7 Å². The van der Waals surface area contributed by atoms with E-state index in [4.69, 9.17) is 10.5 Å². The molecule has 0 atom stereocenters. The predicted octanol–water partition coefficient (Wildman–Crippen LogP) is 1.39. The Hall–Kier alpha value is -1.62. The minimum Gasteiger partial charge on any atom is -0.479 e. The van der Waals surface area contributed by atoms with E-state index in [1.807, 2.05) is 6.20 Å². The van der Waals surface area contributed by atoms with Crippen molar-refractivity contribution in [2.24, 2.45) is 5.73 Å². The summed E-state index contributed by atoms with van der Waals surface area (Å²) in [5, 5.41) is 0. The number of nitrogens with two attached hydrogens (primary N) is 1. The van der Waals surface area contributed by atoms with Crippen molar-refractivity contribution in [2.75, 3.05) is 7.11 Å². The Morgan fingerprint density at radius 3 is 3.00 bits per heavy atom. The van der Waals surface area contributed by atoms with Gasteiger partial charge in [-0.15, -0.1) is 0 Å². The van der Waals surface area contributed by atoms with Crippen molar-refractivity contribution in [1.29, 1.82) is 0 Å². The molecule has 0 bridgehead atoms. The number of nitrogens with one attached hydrogen (secondary N) is 1. The molecule has 0 aromatic carbocycles. The molecule has 3 rings (SSSR count). The van der Waals surface area contributed by atoms with Gasteiger partial charge in [-0.3, -0.25) is 0 Å². The first-order valence-electron chi connectivity index (χ1n) is 5.86. The van der Waals surface area contributed by atoms with Crippen LogP contribution in [0.15, 0.2) is 12.5 Å². The molecule has 1 aliphatic rings. The highest BCUT2D eigenvalue weighted by atomic mass is 16.5. The molecule has 0 aliphatic heterocycles. The van der Waals surface area contributed by atoms with E-state index in [-0.39, 0.29) is 5.54 Å². The van der Waals surface area contributed by atoms with Gasteiger partial charge >= 0.3 is 0 Å². The third-order valence-corrected chi connectivity index (χ3v) is 3.49. The Bertz CT molecular complexity index is 544. The van der Waals surface area contributed by atoms with E-state index < -0.39 is 0 Å². The first kappa shape index (κ1) is 10.5. The maximum atomic E-state index is 6.10. The van der Waals surface area contributed by atoms with Crippen LogP contribution in [0.5, 0.6) is 5.88 Å². The Morgan fingerprint density at radius 2 is 2.29 bits per heavy atom. The van der Waals surface area contributed by atoms with Gasteiger partial charge in [0.25, 0.3) is 0 Å². The molecular weight excluding hydrogens is 216 g/mol. The Morgan fingerprint density at radius 1 is 1.47 bits per heavy atom. The van der Waals surface area contributed by atoms with Gasteiger partial charge in [-0.05, 0) is 31.2 Å². The number of hydrogen-bond donors (Lipinski definition) is 2. The molecule has 0 amide bonds. The number of fused-ring (bicyclic) bond motifs is 1. The first-order chi connectivity index (χ1) is 8.22. The minimum absolute atomic E-state index is 0.0840. The summed E-state index contributed by atoms with van der Waals surface area (Å²) in [7, 11) is 1.61. The average molecular weight is 232 g/mol. The van der Waals surface area contributed by atoms with Crippen LogP contribution in [-0.2, 0) is 6.42 Å². The molecule has 0 saturated heterocycles. The standard InChI is InChI=1S/C12H16N4O/c1-17-11-10-9(15-7-16-11)8(6-14-10)2-3-12(13)4-5-12/h6-7,14H,2-5,13H2,1H3. The summed E-state index contributed by atoms with van der Waals surface area (Å²) in [6.07, 6.45) is 7.78. The minimum atomic E-state index is 0.0840. The SMILES string of the molecule is COc1ncnc2c(CCC3(N)CC3)c[nH]c12. The number of aromatic amines is 1. The van der Waals surface area contributed by atoms with Crippen LogP contribution in [0.1, 0.15) is 24.8 Å². The molecule has 2 aromatic heterocycles. The lowest BCUT2D eigenvalue weighted by atomic mass is 10.1. The van der Waals surface area contributed by atoms with E-state index in [0.29, 0.717) is 5.88 Å². The highest BCUT2D eigenvalue weighted by Crippen LogP contribution is 2.37. The third kappa shape index (κ3) is 1.86. The quantitative estimate of drug-likeness (QED) is 0.835. The van der Waals surface area contributed by atoms with Gasteiger partial charge in [0.15, 0.2) is 0 Å². The number of ether oxygens (including phenoxy) is 1. The fraction of sp³-hybridized carbons (Fsp3) is 0.500. The lowest BCUT2D eigenvalue weighted by Crippen LogP contribution is -2.22. The zero-order valence-corrected chi connectivity index (χ0v) is 9.86. The zero-order valence-electron chi connectivity index (χ0n) is 9.86. The number of hydrogen-bond acceptors (Lipinski definition) is 4. The topological polar surface area (TPSA) is 76.8 Å². The normalized spacial score (nSPS) is 17.3. The van der Waals surface area contributed by atoms with E-state index >= 15 is 0 Å². The van der Waals surface area contributed by atoms with Gasteiger partial charge < -0.3 is 15.5 Å². The van der Waals surface area contributed by atoms with Crippen LogP contribution in [0.3, 0.4) is 0 Å². The van der Waals surface area contributed by atoms with Gasteiger partial charge in [-0.1, -0.05) is 0 Å². The lowest BCUT2D eigenvalue weighted by molar-refractivity contribution is 0.402. The highest BCUT2D eigenvalue weighted by Gasteiger charge is 2.37. The monoisotopic (exact) mass is 232 g/mol. The van der Waals surface area contributed by atoms with Gasteiger partial charge in [0, 0.05) is 11.7 Å². The lowest BCUT2D eigenvalue weighted by Gasteiger charge is -2.06. The Kier molecular flexibility index (Phi) is 2.29. The van der Waals surface area contributed by atoms with E-state index in [9.17, 15) is 0 Å². The molecule has 5 nitrogen and oxygen atoms in total. The number of nitrogens with zero attached hydrogens (tertiary/aromatic N) is 2. The van der Waals surface area contributed by atoms with Crippen LogP contribution in [-0.4, -0.2) is 27.6 Å². The van der Waals surface area contributed by atoms with Crippen LogP contribution in [0, 0.1) is 0 Å². The predicted molar refractivity (Wildman–Crippen MR) is 64.9 cm³/mol. The van der Waals surface area contributed by atoms with Crippen LogP contribution >= 0.6 is 0 Å². The fourth-order valence-corrected chi connectivity index (χ4v) is 2.11. The van der Waals surface area contributed by atoms with Gasteiger partial charge in [0.1, 0.15) is 11.8 Å². The Balaban J connectivity index is 1.89. The third-order valence-electron chi connectivity index (χ3n) is 3.49. The van der Waals surface area contributed by atoms with Crippen molar-refractivity contribution >= 4 is 11.0 Å². The fourth-order valence-electron chi connectivity index (χ4n) is 2.11. The number of aryl methyl sites for hydroxylation is 1. The molecule has 0 radical (unpaired) electrons. The summed E-state index contributed by atoms with van der Waals surface area (Å²) in [6.45, 7) is 0. The van der Waals surface area contributed by atoms with Crippen LogP contribution in [0.25, 0.3) is 11.0 Å². The van der Waals surface area contributed by atoms with E-state index in [2.05, 4.69) is 15.0 Å². The first-order valence-corrected chi connectivity index (χ1v) is 5.86. The molecule has 0 spiro atoms. The summed E-state index contributed by atoms with van der Waals surface area (Å²) < 4.78 is 5.19. The summed E-state index contributed by atoms with van der Waals surface area (Å²) in [5.41, 5.74) is 9.18. The summed E-state index contributed by atoms with van der Waals surface area (Å²) >= 11 is 0. The van der Waals surface area contributed by atoms with Gasteiger partial charge in [-0.25, -0.2) is 4.98 Å². The molecule has 1 saturated carbocycles. The largest absolute Gasteiger partial charge is 0.479 e. The van der Waals surface area contributed by atoms with E-state index in [1.165, 1.54) is 11.9 Å².